The van der Waals surface area contributed by atoms with Crippen LogP contribution in [0.25, 0.3) is 0 Å². The predicted octanol–water partition coefficient (Wildman–Crippen LogP) is 2.21. The van der Waals surface area contributed by atoms with Crippen molar-refractivity contribution in [3.8, 4) is 5.75 Å². The van der Waals surface area contributed by atoms with Crippen LogP contribution in [0.3, 0.4) is 0 Å². The van der Waals surface area contributed by atoms with E-state index in [0.29, 0.717) is 31.0 Å². The lowest BCUT2D eigenvalue weighted by atomic mass is 9.95. The number of nitrogens with zero attached hydrogens (tertiary/aromatic N) is 1. The van der Waals surface area contributed by atoms with Gasteiger partial charge in [-0.1, -0.05) is 11.6 Å². The van der Waals surface area contributed by atoms with Gasteiger partial charge in [0, 0.05) is 25.0 Å². The Morgan fingerprint density at radius 2 is 2.24 bits per heavy atom. The number of carboxylic acid groups (broad SMARTS) is 1. The van der Waals surface area contributed by atoms with E-state index in [2.05, 4.69) is 0 Å². The summed E-state index contributed by atoms with van der Waals surface area (Å²) in [7, 11) is 1.69. The molecule has 0 spiro atoms. The summed E-state index contributed by atoms with van der Waals surface area (Å²) in [6.45, 7) is 0.779. The Morgan fingerprint density at radius 1 is 1.48 bits per heavy atom. The van der Waals surface area contributed by atoms with Crippen molar-refractivity contribution in [2.24, 2.45) is 5.92 Å². The summed E-state index contributed by atoms with van der Waals surface area (Å²) in [5.41, 5.74) is 0.936. The fourth-order valence-corrected chi connectivity index (χ4v) is 2.61. The second-order valence-electron chi connectivity index (χ2n) is 5.22. The summed E-state index contributed by atoms with van der Waals surface area (Å²) >= 11 is 5.96. The highest BCUT2D eigenvalue weighted by atomic mass is 35.5. The van der Waals surface area contributed by atoms with E-state index in [0.717, 1.165) is 11.3 Å². The van der Waals surface area contributed by atoms with E-state index in [9.17, 15) is 9.59 Å². The molecule has 1 N–H and O–H groups in total. The second kappa shape index (κ2) is 6.80. The zero-order chi connectivity index (χ0) is 15.4. The van der Waals surface area contributed by atoms with Gasteiger partial charge < -0.3 is 14.7 Å². The minimum Gasteiger partial charge on any atom is -0.492 e. The number of fused-ring (bicyclic) bond motifs is 1. The number of amides is 1. The van der Waals surface area contributed by atoms with Gasteiger partial charge in [0.2, 0.25) is 5.91 Å². The summed E-state index contributed by atoms with van der Waals surface area (Å²) in [6, 6.07) is 5.40. The molecule has 0 aromatic heterocycles. The van der Waals surface area contributed by atoms with Crippen LogP contribution < -0.4 is 4.74 Å². The third kappa shape index (κ3) is 4.11. The first-order valence-electron chi connectivity index (χ1n) is 6.85. The Kier molecular flexibility index (Phi) is 5.07. The Morgan fingerprint density at radius 3 is 2.95 bits per heavy atom. The van der Waals surface area contributed by atoms with Crippen LogP contribution in [0, 0.1) is 5.92 Å². The van der Waals surface area contributed by atoms with Gasteiger partial charge in [-0.25, -0.2) is 0 Å². The Labute approximate surface area is 128 Å². The standard InChI is InChI=1S/C15H18ClNO4/c1-17(6-2-3-14(18)19)15(20)11-7-10-8-12(16)4-5-13(10)21-9-11/h4-5,8,11H,2-3,6-7,9H2,1H3,(H,18,19). The number of hydrogen-bond acceptors (Lipinski definition) is 3. The molecule has 1 aliphatic heterocycles. The molecule has 6 heteroatoms. The summed E-state index contributed by atoms with van der Waals surface area (Å²) < 4.78 is 5.60. The first kappa shape index (κ1) is 15.6. The summed E-state index contributed by atoms with van der Waals surface area (Å²) in [4.78, 5) is 24.4. The van der Waals surface area contributed by atoms with Crippen LogP contribution in [0.1, 0.15) is 18.4 Å². The van der Waals surface area contributed by atoms with Crippen LogP contribution in [0.15, 0.2) is 18.2 Å². The van der Waals surface area contributed by atoms with Crippen molar-refractivity contribution < 1.29 is 19.4 Å². The lowest BCUT2D eigenvalue weighted by Crippen LogP contribution is -2.39. The number of benzene rings is 1. The number of halogens is 1. The van der Waals surface area contributed by atoms with Crippen molar-refractivity contribution in [1.29, 1.82) is 0 Å². The molecular weight excluding hydrogens is 294 g/mol. The minimum absolute atomic E-state index is 0.0222. The van der Waals surface area contributed by atoms with Gasteiger partial charge >= 0.3 is 5.97 Å². The van der Waals surface area contributed by atoms with Gasteiger partial charge in [0.15, 0.2) is 0 Å². The molecule has 1 aromatic carbocycles. The number of aliphatic carboxylic acids is 1. The maximum Gasteiger partial charge on any atom is 0.303 e. The molecule has 0 saturated heterocycles. The zero-order valence-corrected chi connectivity index (χ0v) is 12.6. The average Bonchev–Trinajstić information content (AvgIpc) is 2.45. The van der Waals surface area contributed by atoms with Crippen molar-refractivity contribution in [2.75, 3.05) is 20.2 Å². The van der Waals surface area contributed by atoms with Gasteiger partial charge in [0.25, 0.3) is 0 Å². The van der Waals surface area contributed by atoms with E-state index in [1.54, 1.807) is 18.0 Å². The van der Waals surface area contributed by atoms with Gasteiger partial charge in [-0.05, 0) is 36.6 Å². The Balaban J connectivity index is 1.93. The number of carboxylic acids is 1. The zero-order valence-electron chi connectivity index (χ0n) is 11.8. The average molecular weight is 312 g/mol. The van der Waals surface area contributed by atoms with Crippen molar-refractivity contribution in [3.05, 3.63) is 28.8 Å². The number of rotatable bonds is 5. The van der Waals surface area contributed by atoms with Crippen LogP contribution in [-0.2, 0) is 16.0 Å². The number of carbonyl (C=O) groups is 2. The van der Waals surface area contributed by atoms with E-state index in [1.807, 2.05) is 12.1 Å². The molecule has 0 fully saturated rings. The topological polar surface area (TPSA) is 66.8 Å². The van der Waals surface area contributed by atoms with E-state index in [1.165, 1.54) is 0 Å². The van der Waals surface area contributed by atoms with Crippen molar-refractivity contribution in [1.82, 2.24) is 4.90 Å². The van der Waals surface area contributed by atoms with Crippen LogP contribution in [0.4, 0.5) is 0 Å². The van der Waals surface area contributed by atoms with Gasteiger partial charge in [-0.15, -0.1) is 0 Å². The third-order valence-electron chi connectivity index (χ3n) is 3.54. The quantitative estimate of drug-likeness (QED) is 0.905. The molecule has 1 amide bonds. The van der Waals surface area contributed by atoms with E-state index >= 15 is 0 Å². The van der Waals surface area contributed by atoms with E-state index in [-0.39, 0.29) is 18.2 Å². The Bertz CT molecular complexity index is 546. The van der Waals surface area contributed by atoms with E-state index in [4.69, 9.17) is 21.4 Å². The molecule has 1 atom stereocenters. The molecule has 0 radical (unpaired) electrons. The normalized spacial score (nSPS) is 16.8. The first-order valence-corrected chi connectivity index (χ1v) is 7.23. The number of hydrogen-bond donors (Lipinski definition) is 1. The molecule has 1 heterocycles. The molecule has 0 saturated carbocycles. The monoisotopic (exact) mass is 311 g/mol. The summed E-state index contributed by atoms with van der Waals surface area (Å²) in [6.07, 6.45) is 1.11. The van der Waals surface area contributed by atoms with Crippen LogP contribution >= 0.6 is 11.6 Å². The highest BCUT2D eigenvalue weighted by Gasteiger charge is 2.28. The minimum atomic E-state index is -0.847. The number of carbonyl (C=O) groups excluding carboxylic acids is 1. The van der Waals surface area contributed by atoms with Crippen LogP contribution in [-0.4, -0.2) is 42.1 Å². The molecule has 2 rings (SSSR count). The van der Waals surface area contributed by atoms with Crippen molar-refractivity contribution >= 4 is 23.5 Å². The molecule has 1 unspecified atom stereocenters. The van der Waals surface area contributed by atoms with Gasteiger partial charge in [-0.2, -0.15) is 0 Å². The Hall–Kier alpha value is -1.75. The second-order valence-corrected chi connectivity index (χ2v) is 5.66. The third-order valence-corrected chi connectivity index (χ3v) is 3.77. The maximum absolute atomic E-state index is 12.3. The lowest BCUT2D eigenvalue weighted by Gasteiger charge is -2.28. The fourth-order valence-electron chi connectivity index (χ4n) is 2.41. The lowest BCUT2D eigenvalue weighted by molar-refractivity contribution is -0.139. The smallest absolute Gasteiger partial charge is 0.303 e. The molecule has 1 aromatic rings. The predicted molar refractivity (Wildman–Crippen MR) is 78.6 cm³/mol. The van der Waals surface area contributed by atoms with Crippen molar-refractivity contribution in [2.45, 2.75) is 19.3 Å². The summed E-state index contributed by atoms with van der Waals surface area (Å²) in [5, 5.41) is 9.24. The molecule has 0 aliphatic carbocycles. The largest absolute Gasteiger partial charge is 0.492 e. The molecular formula is C15H18ClNO4. The molecule has 0 bridgehead atoms. The highest BCUT2D eigenvalue weighted by molar-refractivity contribution is 6.30. The molecule has 1 aliphatic rings. The SMILES string of the molecule is CN(CCCC(=O)O)C(=O)C1COc2ccc(Cl)cc2C1. The van der Waals surface area contributed by atoms with Gasteiger partial charge in [0.05, 0.1) is 5.92 Å². The fraction of sp³-hybridized carbons (Fsp3) is 0.467. The van der Waals surface area contributed by atoms with Crippen LogP contribution in [0.5, 0.6) is 5.75 Å². The van der Waals surface area contributed by atoms with Gasteiger partial charge in [0.1, 0.15) is 12.4 Å². The molecule has 5 nitrogen and oxygen atoms in total. The highest BCUT2D eigenvalue weighted by Crippen LogP contribution is 2.30. The number of ether oxygens (including phenoxy) is 1. The van der Waals surface area contributed by atoms with Crippen molar-refractivity contribution in [3.63, 3.8) is 0 Å². The summed E-state index contributed by atoms with van der Waals surface area (Å²) in [5.74, 6) is -0.339. The van der Waals surface area contributed by atoms with Gasteiger partial charge in [-0.3, -0.25) is 9.59 Å². The molecule has 21 heavy (non-hydrogen) atoms. The first-order chi connectivity index (χ1) is 9.97. The maximum atomic E-state index is 12.3. The molecule has 114 valence electrons. The van der Waals surface area contributed by atoms with Crippen LogP contribution in [0.2, 0.25) is 5.02 Å². The van der Waals surface area contributed by atoms with E-state index < -0.39 is 5.97 Å².